The van der Waals surface area contributed by atoms with Gasteiger partial charge in [-0.05, 0) is 34.8 Å². The Balaban J connectivity index is 2.33. The lowest BCUT2D eigenvalue weighted by Gasteiger charge is -2.40. The molecule has 0 unspecified atom stereocenters. The molecule has 1 aromatic heterocycles. The van der Waals surface area contributed by atoms with Crippen LogP contribution in [0.25, 0.3) is 0 Å². The number of halogens is 1. The monoisotopic (exact) mass is 272 g/mol. The van der Waals surface area contributed by atoms with E-state index in [4.69, 9.17) is 5.11 Å². The highest BCUT2D eigenvalue weighted by Gasteiger charge is 2.42. The third-order valence-corrected chi connectivity index (χ3v) is 3.58. The molecule has 1 aliphatic carbocycles. The maximum atomic E-state index is 10.9. The number of aryl methyl sites for hydroxylation is 1. The van der Waals surface area contributed by atoms with Crippen molar-refractivity contribution < 1.29 is 9.90 Å². The number of nitrogens with zero attached hydrogens (tertiary/aromatic N) is 2. The van der Waals surface area contributed by atoms with Crippen LogP contribution in [0.1, 0.15) is 31.4 Å². The van der Waals surface area contributed by atoms with Crippen LogP contribution in [0.4, 0.5) is 0 Å². The summed E-state index contributed by atoms with van der Waals surface area (Å²) in [6, 6.07) is 1.93. The summed E-state index contributed by atoms with van der Waals surface area (Å²) < 4.78 is 2.56. The summed E-state index contributed by atoms with van der Waals surface area (Å²) in [5.74, 6) is -0.730. The Bertz CT molecular complexity index is 396. The summed E-state index contributed by atoms with van der Waals surface area (Å²) in [7, 11) is 1.86. The molecule has 1 fully saturated rings. The number of hydrogen-bond acceptors (Lipinski definition) is 2. The first-order valence-corrected chi connectivity index (χ1v) is 5.75. The molecule has 0 saturated heterocycles. The summed E-state index contributed by atoms with van der Waals surface area (Å²) in [6.45, 7) is 0. The molecule has 0 aliphatic heterocycles. The molecule has 0 bridgehead atoms. The van der Waals surface area contributed by atoms with Crippen molar-refractivity contribution in [3.63, 3.8) is 0 Å². The Kier molecular flexibility index (Phi) is 2.58. The second kappa shape index (κ2) is 3.63. The normalized spacial score (nSPS) is 18.5. The highest BCUT2D eigenvalue weighted by Crippen LogP contribution is 2.46. The van der Waals surface area contributed by atoms with Crippen LogP contribution in [-0.4, -0.2) is 20.9 Å². The van der Waals surface area contributed by atoms with Gasteiger partial charge in [0.15, 0.2) is 0 Å². The third-order valence-electron chi connectivity index (χ3n) is 3.19. The maximum absolute atomic E-state index is 10.9. The van der Waals surface area contributed by atoms with Crippen molar-refractivity contribution in [3.8, 4) is 0 Å². The molecule has 1 heterocycles. The van der Waals surface area contributed by atoms with Gasteiger partial charge < -0.3 is 5.11 Å². The molecule has 82 valence electrons. The molecule has 2 rings (SSSR count). The van der Waals surface area contributed by atoms with Crippen molar-refractivity contribution in [2.45, 2.75) is 31.1 Å². The van der Waals surface area contributed by atoms with Crippen molar-refractivity contribution in [1.29, 1.82) is 0 Å². The molecule has 1 aliphatic rings. The van der Waals surface area contributed by atoms with E-state index in [2.05, 4.69) is 21.0 Å². The Labute approximate surface area is 96.4 Å². The number of carboxylic acid groups (broad SMARTS) is 1. The van der Waals surface area contributed by atoms with Gasteiger partial charge in [-0.25, -0.2) is 0 Å². The molecule has 1 N–H and O–H groups in total. The summed E-state index contributed by atoms with van der Waals surface area (Å²) in [6.07, 6.45) is 3.21. The maximum Gasteiger partial charge on any atom is 0.304 e. The molecular weight excluding hydrogens is 260 g/mol. The standard InChI is InChI=1S/C10H13BrN2O2/c1-13-7(5-8(11)12-13)10(3-2-4-10)6-9(14)15/h5H,2-4,6H2,1H3,(H,14,15). The third kappa shape index (κ3) is 1.80. The van der Waals surface area contributed by atoms with E-state index in [0.29, 0.717) is 0 Å². The Morgan fingerprint density at radius 1 is 1.73 bits per heavy atom. The van der Waals surface area contributed by atoms with E-state index in [9.17, 15) is 4.79 Å². The highest BCUT2D eigenvalue weighted by atomic mass is 79.9. The van der Waals surface area contributed by atoms with E-state index in [1.165, 1.54) is 0 Å². The largest absolute Gasteiger partial charge is 0.481 e. The zero-order valence-electron chi connectivity index (χ0n) is 8.53. The summed E-state index contributed by atoms with van der Waals surface area (Å²) in [4.78, 5) is 10.9. The lowest BCUT2D eigenvalue weighted by Crippen LogP contribution is -2.38. The SMILES string of the molecule is Cn1nc(Br)cc1C1(CC(=O)O)CCC1. The lowest BCUT2D eigenvalue weighted by molar-refractivity contribution is -0.139. The van der Waals surface area contributed by atoms with Gasteiger partial charge >= 0.3 is 5.97 Å². The van der Waals surface area contributed by atoms with E-state index >= 15 is 0 Å². The van der Waals surface area contributed by atoms with Crippen molar-refractivity contribution in [1.82, 2.24) is 9.78 Å². The molecule has 0 atom stereocenters. The lowest BCUT2D eigenvalue weighted by atomic mass is 9.64. The Morgan fingerprint density at radius 3 is 2.73 bits per heavy atom. The predicted molar refractivity (Wildman–Crippen MR) is 58.7 cm³/mol. The average molecular weight is 273 g/mol. The van der Waals surface area contributed by atoms with Crippen LogP contribution in [0.2, 0.25) is 0 Å². The van der Waals surface area contributed by atoms with Crippen LogP contribution in [0, 0.1) is 0 Å². The van der Waals surface area contributed by atoms with Crippen molar-refractivity contribution in [2.75, 3.05) is 0 Å². The van der Waals surface area contributed by atoms with Crippen molar-refractivity contribution in [3.05, 3.63) is 16.4 Å². The number of carbonyl (C=O) groups is 1. The number of aliphatic carboxylic acids is 1. The zero-order valence-corrected chi connectivity index (χ0v) is 10.1. The molecule has 0 radical (unpaired) electrons. The number of aromatic nitrogens is 2. The minimum absolute atomic E-state index is 0.181. The van der Waals surface area contributed by atoms with Crippen LogP contribution in [0.3, 0.4) is 0 Å². The predicted octanol–water partition coefficient (Wildman–Crippen LogP) is 2.08. The van der Waals surface area contributed by atoms with Gasteiger partial charge in [0.05, 0.1) is 6.42 Å². The van der Waals surface area contributed by atoms with E-state index in [1.807, 2.05) is 13.1 Å². The van der Waals surface area contributed by atoms with E-state index in [1.54, 1.807) is 4.68 Å². The summed E-state index contributed by atoms with van der Waals surface area (Å²) >= 11 is 3.32. The molecule has 5 heteroatoms. The molecular formula is C10H13BrN2O2. The van der Waals surface area contributed by atoms with Gasteiger partial charge in [0, 0.05) is 18.2 Å². The van der Waals surface area contributed by atoms with Gasteiger partial charge in [-0.1, -0.05) is 6.42 Å². The molecule has 4 nitrogen and oxygen atoms in total. The second-order valence-electron chi connectivity index (χ2n) is 4.18. The van der Waals surface area contributed by atoms with Gasteiger partial charge in [-0.15, -0.1) is 0 Å². The molecule has 0 aromatic carbocycles. The van der Waals surface area contributed by atoms with Crippen molar-refractivity contribution >= 4 is 21.9 Å². The van der Waals surface area contributed by atoms with Gasteiger partial charge in [0.2, 0.25) is 0 Å². The van der Waals surface area contributed by atoms with E-state index in [-0.39, 0.29) is 11.8 Å². The van der Waals surface area contributed by atoms with Crippen LogP contribution >= 0.6 is 15.9 Å². The number of hydrogen-bond donors (Lipinski definition) is 1. The summed E-state index contributed by atoms with van der Waals surface area (Å²) in [5, 5.41) is 13.1. The van der Waals surface area contributed by atoms with Gasteiger partial charge in [-0.3, -0.25) is 9.48 Å². The van der Waals surface area contributed by atoms with E-state index in [0.717, 1.165) is 29.6 Å². The molecule has 0 spiro atoms. The number of carboxylic acids is 1. The fourth-order valence-corrected chi connectivity index (χ4v) is 2.80. The first-order chi connectivity index (χ1) is 7.03. The Hall–Kier alpha value is -0.840. The van der Waals surface area contributed by atoms with E-state index < -0.39 is 5.97 Å². The van der Waals surface area contributed by atoms with Crippen LogP contribution in [0.15, 0.2) is 10.7 Å². The van der Waals surface area contributed by atoms with Crippen LogP contribution in [-0.2, 0) is 17.3 Å². The second-order valence-corrected chi connectivity index (χ2v) is 4.99. The fraction of sp³-hybridized carbons (Fsp3) is 0.600. The van der Waals surface area contributed by atoms with Gasteiger partial charge in [0.25, 0.3) is 0 Å². The molecule has 0 amide bonds. The van der Waals surface area contributed by atoms with Crippen LogP contribution in [0.5, 0.6) is 0 Å². The average Bonchev–Trinajstić information content (AvgIpc) is 2.38. The molecule has 1 saturated carbocycles. The van der Waals surface area contributed by atoms with Crippen LogP contribution < -0.4 is 0 Å². The molecule has 15 heavy (non-hydrogen) atoms. The van der Waals surface area contributed by atoms with Gasteiger partial charge in [0.1, 0.15) is 4.60 Å². The zero-order chi connectivity index (χ0) is 11.1. The minimum Gasteiger partial charge on any atom is -0.481 e. The molecule has 1 aromatic rings. The van der Waals surface area contributed by atoms with Crippen molar-refractivity contribution in [2.24, 2.45) is 7.05 Å². The minimum atomic E-state index is -0.730. The topological polar surface area (TPSA) is 55.1 Å². The first-order valence-electron chi connectivity index (χ1n) is 4.95. The smallest absolute Gasteiger partial charge is 0.304 e. The highest BCUT2D eigenvalue weighted by molar-refractivity contribution is 9.10. The summed E-state index contributed by atoms with van der Waals surface area (Å²) in [5.41, 5.74) is 0.850. The number of rotatable bonds is 3. The fourth-order valence-electron chi connectivity index (χ4n) is 2.35. The Morgan fingerprint density at radius 2 is 2.40 bits per heavy atom. The first kappa shape index (κ1) is 10.7. The van der Waals surface area contributed by atoms with Gasteiger partial charge in [-0.2, -0.15) is 5.10 Å². The quantitative estimate of drug-likeness (QED) is 0.917.